The minimum atomic E-state index is -0.960. The van der Waals surface area contributed by atoms with Gasteiger partial charge in [-0.25, -0.2) is 0 Å². The molecule has 0 aliphatic carbocycles. The average Bonchev–Trinajstić information content (AvgIpc) is 1.88. The van der Waals surface area contributed by atoms with E-state index in [4.69, 9.17) is 10.8 Å². The molecule has 3 nitrogen and oxygen atoms in total. The summed E-state index contributed by atoms with van der Waals surface area (Å²) in [6, 6.07) is -0.763. The Balaban J connectivity index is 3.46. The third-order valence-corrected chi connectivity index (χ3v) is 1.07. The van der Waals surface area contributed by atoms with Gasteiger partial charge in [-0.3, -0.25) is 4.79 Å². The molecule has 1 atom stereocenters. The summed E-state index contributed by atoms with van der Waals surface area (Å²) < 4.78 is 0. The Hall–Kier alpha value is -1.01. The van der Waals surface area contributed by atoms with E-state index in [1.807, 2.05) is 0 Å². The van der Waals surface area contributed by atoms with Gasteiger partial charge in [-0.15, -0.1) is 11.8 Å². The van der Waals surface area contributed by atoms with E-state index in [0.29, 0.717) is 12.8 Å². The Morgan fingerprint density at radius 3 is 2.80 bits per heavy atom. The summed E-state index contributed by atoms with van der Waals surface area (Å²) in [5.41, 5.74) is 5.19. The molecule has 3 heteroatoms. The van der Waals surface area contributed by atoms with Crippen molar-refractivity contribution < 1.29 is 9.90 Å². The van der Waals surface area contributed by atoms with Gasteiger partial charge >= 0.3 is 5.97 Å². The molecular weight excluding hydrogens is 130 g/mol. The highest BCUT2D eigenvalue weighted by molar-refractivity contribution is 5.72. The summed E-state index contributed by atoms with van der Waals surface area (Å²) in [5.74, 6) is 4.44. The Morgan fingerprint density at radius 2 is 2.40 bits per heavy atom. The molecule has 56 valence electrons. The minimum absolute atomic E-state index is 0.427. The molecule has 0 aromatic carbocycles. The Morgan fingerprint density at radius 1 is 1.80 bits per heavy atom. The predicted octanol–water partition coefficient (Wildman–Crippen LogP) is 0.202. The second-order valence-corrected chi connectivity index (χ2v) is 1.91. The van der Waals surface area contributed by atoms with Gasteiger partial charge in [0.1, 0.15) is 6.04 Å². The van der Waals surface area contributed by atoms with Crippen LogP contribution in [-0.4, -0.2) is 17.1 Å². The predicted molar refractivity (Wildman–Crippen MR) is 38.3 cm³/mol. The summed E-state index contributed by atoms with van der Waals surface area (Å²) in [5, 5.41) is 8.31. The molecule has 0 saturated carbocycles. The highest BCUT2D eigenvalue weighted by Gasteiger charge is 2.08. The molecule has 0 aromatic heterocycles. The molecule has 0 aliphatic heterocycles. The lowest BCUT2D eigenvalue weighted by atomic mass is 10.2. The normalized spacial score (nSPS) is 11.4. The smallest absolute Gasteiger partial charge is 0.320 e. The molecule has 0 spiro atoms. The van der Waals surface area contributed by atoms with Crippen molar-refractivity contribution in [2.75, 3.05) is 0 Å². The first-order valence-electron chi connectivity index (χ1n) is 3.06. The topological polar surface area (TPSA) is 63.3 Å². The third-order valence-electron chi connectivity index (χ3n) is 1.07. The van der Waals surface area contributed by atoms with E-state index in [9.17, 15) is 4.79 Å². The van der Waals surface area contributed by atoms with Crippen LogP contribution in [0.4, 0.5) is 0 Å². The van der Waals surface area contributed by atoms with Gasteiger partial charge in [0.15, 0.2) is 0 Å². The number of hydrogen-bond donors (Lipinski definition) is 2. The fraction of sp³-hybridized carbons (Fsp3) is 0.571. The molecule has 0 rings (SSSR count). The first kappa shape index (κ1) is 8.99. The number of rotatable bonds is 3. The van der Waals surface area contributed by atoms with Crippen molar-refractivity contribution in [1.82, 2.24) is 0 Å². The molecule has 0 aromatic rings. The van der Waals surface area contributed by atoms with Crippen LogP contribution in [-0.2, 0) is 4.79 Å². The van der Waals surface area contributed by atoms with Crippen molar-refractivity contribution >= 4 is 5.97 Å². The summed E-state index contributed by atoms with van der Waals surface area (Å²) in [4.78, 5) is 10.1. The number of hydrogen-bond acceptors (Lipinski definition) is 2. The lowest BCUT2D eigenvalue weighted by Crippen LogP contribution is -2.29. The summed E-state index contributed by atoms with van der Waals surface area (Å²) in [6.07, 6.45) is 0.986. The van der Waals surface area contributed by atoms with Gasteiger partial charge in [-0.2, -0.15) is 0 Å². The van der Waals surface area contributed by atoms with Gasteiger partial charge in [-0.05, 0) is 13.3 Å². The molecule has 10 heavy (non-hydrogen) atoms. The quantitative estimate of drug-likeness (QED) is 0.552. The number of carbonyl (C=O) groups is 1. The van der Waals surface area contributed by atoms with Gasteiger partial charge < -0.3 is 10.8 Å². The molecule has 0 radical (unpaired) electrons. The fourth-order valence-corrected chi connectivity index (χ4v) is 0.476. The van der Waals surface area contributed by atoms with Crippen molar-refractivity contribution in [2.24, 2.45) is 5.73 Å². The second kappa shape index (κ2) is 4.83. The first-order valence-corrected chi connectivity index (χ1v) is 3.06. The van der Waals surface area contributed by atoms with Crippen LogP contribution in [0.25, 0.3) is 0 Å². The van der Waals surface area contributed by atoms with E-state index < -0.39 is 12.0 Å². The van der Waals surface area contributed by atoms with Crippen molar-refractivity contribution in [2.45, 2.75) is 25.8 Å². The Bertz CT molecular complexity index is 166. The number of carboxylic acid groups (broad SMARTS) is 1. The minimum Gasteiger partial charge on any atom is -0.480 e. The van der Waals surface area contributed by atoms with E-state index in [2.05, 4.69) is 11.8 Å². The van der Waals surface area contributed by atoms with Crippen LogP contribution < -0.4 is 5.73 Å². The van der Waals surface area contributed by atoms with Crippen LogP contribution in [0.15, 0.2) is 0 Å². The van der Waals surface area contributed by atoms with Gasteiger partial charge in [0.05, 0.1) is 0 Å². The molecule has 0 fully saturated rings. The fourth-order valence-electron chi connectivity index (χ4n) is 0.476. The van der Waals surface area contributed by atoms with Crippen molar-refractivity contribution in [3.63, 3.8) is 0 Å². The van der Waals surface area contributed by atoms with Crippen molar-refractivity contribution in [3.05, 3.63) is 0 Å². The molecule has 0 saturated heterocycles. The second-order valence-electron chi connectivity index (χ2n) is 1.91. The van der Waals surface area contributed by atoms with Crippen LogP contribution in [0.1, 0.15) is 19.8 Å². The summed E-state index contributed by atoms with van der Waals surface area (Å²) in [7, 11) is 0. The zero-order chi connectivity index (χ0) is 7.98. The Kier molecular flexibility index (Phi) is 4.34. The Labute approximate surface area is 60.2 Å². The van der Waals surface area contributed by atoms with E-state index in [1.165, 1.54) is 0 Å². The molecule has 0 aliphatic rings. The highest BCUT2D eigenvalue weighted by Crippen LogP contribution is 1.91. The first-order chi connectivity index (χ1) is 4.68. The summed E-state index contributed by atoms with van der Waals surface area (Å²) >= 11 is 0. The van der Waals surface area contributed by atoms with Crippen LogP contribution in [0, 0.1) is 11.8 Å². The van der Waals surface area contributed by atoms with E-state index >= 15 is 0 Å². The molecule has 0 heterocycles. The van der Waals surface area contributed by atoms with Crippen LogP contribution in [0.5, 0.6) is 0 Å². The van der Waals surface area contributed by atoms with E-state index in [1.54, 1.807) is 6.92 Å². The number of aliphatic carboxylic acids is 1. The lowest BCUT2D eigenvalue weighted by molar-refractivity contribution is -0.138. The van der Waals surface area contributed by atoms with Crippen molar-refractivity contribution in [1.29, 1.82) is 0 Å². The van der Waals surface area contributed by atoms with Gasteiger partial charge in [0.25, 0.3) is 0 Å². The van der Waals surface area contributed by atoms with Crippen LogP contribution in [0.2, 0.25) is 0 Å². The SMILES string of the molecule is CC#CCC[C@H](N)C(=O)O. The maximum atomic E-state index is 10.1. The highest BCUT2D eigenvalue weighted by atomic mass is 16.4. The number of carboxylic acids is 1. The van der Waals surface area contributed by atoms with Gasteiger partial charge in [0, 0.05) is 6.42 Å². The summed E-state index contributed by atoms with van der Waals surface area (Å²) in [6.45, 7) is 1.71. The maximum Gasteiger partial charge on any atom is 0.320 e. The zero-order valence-electron chi connectivity index (χ0n) is 5.92. The monoisotopic (exact) mass is 141 g/mol. The number of nitrogens with two attached hydrogens (primary N) is 1. The molecule has 0 amide bonds. The molecule has 0 unspecified atom stereocenters. The zero-order valence-corrected chi connectivity index (χ0v) is 5.92. The third kappa shape index (κ3) is 3.93. The molecule has 0 bridgehead atoms. The van der Waals surface area contributed by atoms with Crippen LogP contribution in [0.3, 0.4) is 0 Å². The standard InChI is InChI=1S/C7H11NO2/c1-2-3-4-5-6(8)7(9)10/h6H,4-5,8H2,1H3,(H,9,10)/t6-/m0/s1. The van der Waals surface area contributed by atoms with Crippen molar-refractivity contribution in [3.8, 4) is 11.8 Å². The van der Waals surface area contributed by atoms with E-state index in [0.717, 1.165) is 0 Å². The van der Waals surface area contributed by atoms with E-state index in [-0.39, 0.29) is 0 Å². The largest absolute Gasteiger partial charge is 0.480 e. The maximum absolute atomic E-state index is 10.1. The van der Waals surface area contributed by atoms with Crippen LogP contribution >= 0.6 is 0 Å². The lowest BCUT2D eigenvalue weighted by Gasteiger charge is -2.00. The van der Waals surface area contributed by atoms with Gasteiger partial charge in [-0.1, -0.05) is 0 Å². The molecule has 3 N–H and O–H groups in total. The average molecular weight is 141 g/mol. The van der Waals surface area contributed by atoms with Gasteiger partial charge in [0.2, 0.25) is 0 Å². The molecular formula is C7H11NO2.